The number of nitrogens with one attached hydrogen (secondary N) is 1. The molecule has 0 saturated carbocycles. The number of rotatable bonds is 8. The van der Waals surface area contributed by atoms with E-state index in [1.165, 1.54) is 0 Å². The first-order valence-electron chi connectivity index (χ1n) is 7.13. The second-order valence-corrected chi connectivity index (χ2v) is 5.00. The van der Waals surface area contributed by atoms with E-state index >= 15 is 0 Å². The van der Waals surface area contributed by atoms with Crippen molar-refractivity contribution in [1.82, 2.24) is 15.0 Å². The van der Waals surface area contributed by atoms with E-state index < -0.39 is 0 Å². The van der Waals surface area contributed by atoms with E-state index in [9.17, 15) is 0 Å². The minimum Gasteiger partial charge on any atom is -0.396 e. The van der Waals surface area contributed by atoms with Crippen LogP contribution in [0.1, 0.15) is 40.5 Å². The Kier molecular flexibility index (Phi) is 5.94. The van der Waals surface area contributed by atoms with Crippen molar-refractivity contribution in [2.24, 2.45) is 0 Å². The maximum Gasteiger partial charge on any atom is 0.231 e. The van der Waals surface area contributed by atoms with Crippen molar-refractivity contribution in [1.29, 1.82) is 0 Å². The van der Waals surface area contributed by atoms with Crippen LogP contribution in [0.25, 0.3) is 0 Å². The molecule has 0 saturated heterocycles. The van der Waals surface area contributed by atoms with Crippen LogP contribution in [0, 0.1) is 0 Å². The number of aliphatic hydroxyl groups is 1. The van der Waals surface area contributed by atoms with Crippen molar-refractivity contribution < 1.29 is 5.11 Å². The highest BCUT2D eigenvalue weighted by Gasteiger charge is 2.23. The molecule has 0 aromatic carbocycles. The monoisotopic (exact) mass is 282 g/mol. The summed E-state index contributed by atoms with van der Waals surface area (Å²) in [4.78, 5) is 14.7. The van der Waals surface area contributed by atoms with Gasteiger partial charge in [0.1, 0.15) is 0 Å². The van der Waals surface area contributed by atoms with Gasteiger partial charge in [0.05, 0.1) is 0 Å². The van der Waals surface area contributed by atoms with Gasteiger partial charge in [0.25, 0.3) is 0 Å². The summed E-state index contributed by atoms with van der Waals surface area (Å²) in [6.45, 7) is 9.89. The third kappa shape index (κ3) is 4.19. The molecule has 1 aromatic heterocycles. The standard InChI is InChI=1S/C13H26N6O/c1-5-13(4,8-9-20)18-11-15-10(14)16-12(17-11)19(6-2)7-3/h20H,5-9H2,1-4H3,(H3,14,15,16,17,18). The van der Waals surface area contributed by atoms with Crippen LogP contribution in [-0.2, 0) is 0 Å². The molecule has 0 bridgehead atoms. The summed E-state index contributed by atoms with van der Waals surface area (Å²) in [5, 5.41) is 12.4. The maximum atomic E-state index is 9.16. The zero-order valence-electron chi connectivity index (χ0n) is 12.8. The average Bonchev–Trinajstić information content (AvgIpc) is 2.39. The summed E-state index contributed by atoms with van der Waals surface area (Å²) in [6, 6.07) is 0. The average molecular weight is 282 g/mol. The van der Waals surface area contributed by atoms with E-state index in [-0.39, 0.29) is 18.1 Å². The van der Waals surface area contributed by atoms with E-state index in [0.717, 1.165) is 19.5 Å². The lowest BCUT2D eigenvalue weighted by atomic mass is 9.95. The minimum atomic E-state index is -0.261. The first-order chi connectivity index (χ1) is 9.47. The lowest BCUT2D eigenvalue weighted by Crippen LogP contribution is -2.36. The van der Waals surface area contributed by atoms with Crippen molar-refractivity contribution in [3.05, 3.63) is 0 Å². The van der Waals surface area contributed by atoms with Crippen LogP contribution >= 0.6 is 0 Å². The fraction of sp³-hybridized carbons (Fsp3) is 0.769. The SMILES string of the molecule is CCN(CC)c1nc(N)nc(NC(C)(CC)CCO)n1. The number of nitrogens with two attached hydrogens (primary N) is 1. The number of hydrogen-bond acceptors (Lipinski definition) is 7. The molecule has 0 aliphatic carbocycles. The molecule has 0 radical (unpaired) electrons. The Morgan fingerprint density at radius 1 is 1.20 bits per heavy atom. The molecule has 1 rings (SSSR count). The molecule has 1 heterocycles. The van der Waals surface area contributed by atoms with E-state index in [4.69, 9.17) is 10.8 Å². The van der Waals surface area contributed by atoms with Gasteiger partial charge < -0.3 is 21.1 Å². The molecule has 1 atom stereocenters. The van der Waals surface area contributed by atoms with Crippen LogP contribution in [0.15, 0.2) is 0 Å². The van der Waals surface area contributed by atoms with Crippen LogP contribution in [0.5, 0.6) is 0 Å². The van der Waals surface area contributed by atoms with Crippen molar-refractivity contribution in [3.63, 3.8) is 0 Å². The Labute approximate surface area is 120 Å². The van der Waals surface area contributed by atoms with Crippen molar-refractivity contribution >= 4 is 17.8 Å². The fourth-order valence-corrected chi connectivity index (χ4v) is 1.93. The molecular weight excluding hydrogens is 256 g/mol. The van der Waals surface area contributed by atoms with Crippen LogP contribution in [0.2, 0.25) is 0 Å². The van der Waals surface area contributed by atoms with E-state index in [1.807, 2.05) is 25.7 Å². The molecule has 0 fully saturated rings. The summed E-state index contributed by atoms with van der Waals surface area (Å²) in [5.74, 6) is 1.23. The first kappa shape index (κ1) is 16.4. The molecule has 20 heavy (non-hydrogen) atoms. The van der Waals surface area contributed by atoms with Crippen LogP contribution in [0.4, 0.5) is 17.8 Å². The number of nitrogen functional groups attached to an aromatic ring is 1. The van der Waals surface area contributed by atoms with Gasteiger partial charge in [0, 0.05) is 25.2 Å². The highest BCUT2D eigenvalue weighted by molar-refractivity contribution is 5.43. The Morgan fingerprint density at radius 3 is 2.35 bits per heavy atom. The second kappa shape index (κ2) is 7.23. The van der Waals surface area contributed by atoms with Crippen molar-refractivity contribution in [2.45, 2.75) is 46.1 Å². The van der Waals surface area contributed by atoms with Gasteiger partial charge in [-0.05, 0) is 33.6 Å². The molecule has 0 aliphatic heterocycles. The van der Waals surface area contributed by atoms with E-state index in [0.29, 0.717) is 18.3 Å². The summed E-state index contributed by atoms with van der Waals surface area (Å²) in [7, 11) is 0. The lowest BCUT2D eigenvalue weighted by molar-refractivity contribution is 0.251. The summed E-state index contributed by atoms with van der Waals surface area (Å²) in [6.07, 6.45) is 1.47. The number of nitrogens with zero attached hydrogens (tertiary/aromatic N) is 4. The largest absolute Gasteiger partial charge is 0.396 e. The number of anilines is 3. The van der Waals surface area contributed by atoms with Gasteiger partial charge >= 0.3 is 0 Å². The smallest absolute Gasteiger partial charge is 0.231 e. The molecule has 0 spiro atoms. The molecule has 7 nitrogen and oxygen atoms in total. The van der Waals surface area contributed by atoms with Gasteiger partial charge in [-0.2, -0.15) is 15.0 Å². The molecule has 7 heteroatoms. The lowest BCUT2D eigenvalue weighted by Gasteiger charge is -2.29. The van der Waals surface area contributed by atoms with Gasteiger partial charge in [-0.1, -0.05) is 6.92 Å². The minimum absolute atomic E-state index is 0.112. The van der Waals surface area contributed by atoms with Gasteiger partial charge in [0.2, 0.25) is 17.8 Å². The Morgan fingerprint density at radius 2 is 1.85 bits per heavy atom. The quantitative estimate of drug-likeness (QED) is 0.660. The first-order valence-corrected chi connectivity index (χ1v) is 7.13. The van der Waals surface area contributed by atoms with Gasteiger partial charge in [-0.3, -0.25) is 0 Å². The Balaban J connectivity index is 3.01. The fourth-order valence-electron chi connectivity index (χ4n) is 1.93. The molecular formula is C13H26N6O. The molecule has 0 aliphatic rings. The summed E-state index contributed by atoms with van der Waals surface area (Å²) >= 11 is 0. The second-order valence-electron chi connectivity index (χ2n) is 5.00. The predicted molar refractivity (Wildman–Crippen MR) is 81.8 cm³/mol. The molecule has 114 valence electrons. The topological polar surface area (TPSA) is 100 Å². The predicted octanol–water partition coefficient (Wildman–Crippen LogP) is 1.26. The third-order valence-electron chi connectivity index (χ3n) is 3.54. The highest BCUT2D eigenvalue weighted by Crippen LogP contribution is 2.21. The van der Waals surface area contributed by atoms with Crippen LogP contribution < -0.4 is 16.0 Å². The zero-order valence-corrected chi connectivity index (χ0v) is 12.8. The summed E-state index contributed by atoms with van der Waals surface area (Å²) in [5.41, 5.74) is 5.50. The Bertz CT molecular complexity index is 423. The summed E-state index contributed by atoms with van der Waals surface area (Å²) < 4.78 is 0. The van der Waals surface area contributed by atoms with Crippen molar-refractivity contribution in [2.75, 3.05) is 35.6 Å². The molecule has 1 unspecified atom stereocenters. The van der Waals surface area contributed by atoms with Gasteiger partial charge in [-0.25, -0.2) is 0 Å². The van der Waals surface area contributed by atoms with Crippen molar-refractivity contribution in [3.8, 4) is 0 Å². The van der Waals surface area contributed by atoms with Crippen LogP contribution in [-0.4, -0.2) is 45.3 Å². The zero-order chi connectivity index (χ0) is 15.2. The third-order valence-corrected chi connectivity index (χ3v) is 3.54. The normalized spacial score (nSPS) is 13.8. The van der Waals surface area contributed by atoms with E-state index in [1.54, 1.807) is 0 Å². The van der Waals surface area contributed by atoms with Crippen LogP contribution in [0.3, 0.4) is 0 Å². The van der Waals surface area contributed by atoms with Gasteiger partial charge in [-0.15, -0.1) is 0 Å². The molecule has 4 N–H and O–H groups in total. The number of aliphatic hydroxyl groups excluding tert-OH is 1. The maximum absolute atomic E-state index is 9.16. The highest BCUT2D eigenvalue weighted by atomic mass is 16.3. The Hall–Kier alpha value is -1.63. The number of hydrogen-bond donors (Lipinski definition) is 3. The van der Waals surface area contributed by atoms with E-state index in [2.05, 4.69) is 27.2 Å². The number of aromatic nitrogens is 3. The molecule has 1 aromatic rings. The molecule has 0 amide bonds. The van der Waals surface area contributed by atoms with Gasteiger partial charge in [0.15, 0.2) is 0 Å².